The number of hydrogen-bond acceptors (Lipinski definition) is 5. The monoisotopic (exact) mass is 483 g/mol. The lowest BCUT2D eigenvalue weighted by molar-refractivity contribution is -0.128. The van der Waals surface area contributed by atoms with E-state index in [1.54, 1.807) is 18.7 Å². The number of anilines is 1. The minimum absolute atomic E-state index is 0.0453. The number of rotatable bonds is 3. The fourth-order valence-corrected chi connectivity index (χ4v) is 5.10. The smallest absolute Gasteiger partial charge is 0.331 e. The van der Waals surface area contributed by atoms with Crippen LogP contribution in [0.1, 0.15) is 51.4 Å². The normalized spacial score (nSPS) is 24.7. The van der Waals surface area contributed by atoms with E-state index in [0.717, 1.165) is 35.3 Å². The molecule has 0 saturated carbocycles. The standard InChI is InChI=1S/C26H34FN5O3/c1-7-26(5)15-17(2)21(28-16-26)30-10-12-31(13-11-30)22(33)19-9-8-18(14-20(19)27)32-24(35)29(6)23(34)25(32,3)4/h8-9,14-15H,7,10-13,16H2,1-6H3. The Morgan fingerprint density at radius 2 is 1.77 bits per heavy atom. The molecule has 1 atom stereocenters. The quantitative estimate of drug-likeness (QED) is 0.617. The maximum Gasteiger partial charge on any atom is 0.331 e. The van der Waals surface area contributed by atoms with Gasteiger partial charge in [-0.1, -0.05) is 19.9 Å². The number of halogens is 1. The van der Waals surface area contributed by atoms with Crippen molar-refractivity contribution in [2.75, 3.05) is 44.7 Å². The zero-order chi connectivity index (χ0) is 25.7. The van der Waals surface area contributed by atoms with Gasteiger partial charge in [-0.2, -0.15) is 0 Å². The third-order valence-electron chi connectivity index (χ3n) is 7.49. The molecule has 0 aromatic heterocycles. The average Bonchev–Trinajstić information content (AvgIpc) is 2.97. The van der Waals surface area contributed by atoms with Crippen LogP contribution in [0.3, 0.4) is 0 Å². The summed E-state index contributed by atoms with van der Waals surface area (Å²) in [7, 11) is 1.40. The number of amides is 4. The van der Waals surface area contributed by atoms with Gasteiger partial charge in [0.15, 0.2) is 0 Å². The molecule has 0 N–H and O–H groups in total. The van der Waals surface area contributed by atoms with E-state index in [2.05, 4.69) is 31.7 Å². The number of urea groups is 1. The van der Waals surface area contributed by atoms with Crippen LogP contribution >= 0.6 is 0 Å². The van der Waals surface area contributed by atoms with Crippen LogP contribution in [0, 0.1) is 11.2 Å². The Kier molecular flexibility index (Phi) is 6.23. The molecule has 1 aromatic rings. The molecular formula is C26H34FN5O3. The van der Waals surface area contributed by atoms with Crippen molar-refractivity contribution in [2.45, 2.75) is 46.6 Å². The molecule has 1 aromatic carbocycles. The number of benzene rings is 1. The van der Waals surface area contributed by atoms with Gasteiger partial charge in [-0.25, -0.2) is 9.18 Å². The Morgan fingerprint density at radius 1 is 1.11 bits per heavy atom. The Bertz CT molecular complexity index is 1140. The molecule has 9 heteroatoms. The molecule has 188 valence electrons. The summed E-state index contributed by atoms with van der Waals surface area (Å²) in [5.41, 5.74) is 0.310. The van der Waals surface area contributed by atoms with E-state index in [-0.39, 0.29) is 28.5 Å². The molecule has 8 nitrogen and oxygen atoms in total. The molecule has 3 heterocycles. The van der Waals surface area contributed by atoms with Gasteiger partial charge in [-0.15, -0.1) is 0 Å². The van der Waals surface area contributed by atoms with Crippen LogP contribution in [0.25, 0.3) is 0 Å². The van der Waals surface area contributed by atoms with Gasteiger partial charge in [0.2, 0.25) is 0 Å². The number of aliphatic imine (C=N–C) groups is 1. The molecule has 2 saturated heterocycles. The third-order valence-corrected chi connectivity index (χ3v) is 7.49. The van der Waals surface area contributed by atoms with Crippen LogP contribution in [0.4, 0.5) is 14.9 Å². The van der Waals surface area contributed by atoms with E-state index in [1.165, 1.54) is 24.1 Å². The second kappa shape index (κ2) is 8.77. The molecule has 0 spiro atoms. The maximum atomic E-state index is 15.1. The van der Waals surface area contributed by atoms with Crippen LogP contribution in [-0.4, -0.2) is 83.7 Å². The molecule has 3 aliphatic heterocycles. The first-order valence-electron chi connectivity index (χ1n) is 12.1. The lowest BCUT2D eigenvalue weighted by Crippen LogP contribution is -2.51. The first-order chi connectivity index (χ1) is 16.4. The maximum absolute atomic E-state index is 15.1. The summed E-state index contributed by atoms with van der Waals surface area (Å²) in [6, 6.07) is 3.55. The number of nitrogens with zero attached hydrogens (tertiary/aromatic N) is 5. The largest absolute Gasteiger partial charge is 0.353 e. The summed E-state index contributed by atoms with van der Waals surface area (Å²) in [5.74, 6) is -0.482. The number of dihydropyridines is 1. The molecule has 1 unspecified atom stereocenters. The summed E-state index contributed by atoms with van der Waals surface area (Å²) in [5, 5.41) is 0. The molecule has 2 fully saturated rings. The van der Waals surface area contributed by atoms with Crippen LogP contribution in [0.2, 0.25) is 0 Å². The number of amidine groups is 1. The molecule has 4 amide bonds. The molecule has 0 radical (unpaired) electrons. The summed E-state index contributed by atoms with van der Waals surface area (Å²) in [6.07, 6.45) is 3.33. The highest BCUT2D eigenvalue weighted by Crippen LogP contribution is 2.34. The zero-order valence-electron chi connectivity index (χ0n) is 21.4. The number of likely N-dealkylation sites (N-methyl/N-ethyl adjacent to an activating group) is 1. The van der Waals surface area contributed by atoms with Gasteiger partial charge >= 0.3 is 6.03 Å². The molecule has 4 rings (SSSR count). The van der Waals surface area contributed by atoms with E-state index >= 15 is 4.39 Å². The van der Waals surface area contributed by atoms with Crippen molar-refractivity contribution >= 4 is 29.4 Å². The minimum Gasteiger partial charge on any atom is -0.353 e. The van der Waals surface area contributed by atoms with Gasteiger partial charge in [0.25, 0.3) is 11.8 Å². The number of carbonyl (C=O) groups is 3. The summed E-state index contributed by atoms with van der Waals surface area (Å²) in [4.78, 5) is 49.0. The van der Waals surface area contributed by atoms with Crippen LogP contribution in [0.5, 0.6) is 0 Å². The topological polar surface area (TPSA) is 76.5 Å². The predicted molar refractivity (Wildman–Crippen MR) is 133 cm³/mol. The van der Waals surface area contributed by atoms with E-state index in [9.17, 15) is 14.4 Å². The van der Waals surface area contributed by atoms with Gasteiger partial charge in [0.1, 0.15) is 17.2 Å². The van der Waals surface area contributed by atoms with Crippen LogP contribution in [0.15, 0.2) is 34.8 Å². The number of imide groups is 1. The molecule has 35 heavy (non-hydrogen) atoms. The second-order valence-electron chi connectivity index (χ2n) is 10.5. The highest BCUT2D eigenvalue weighted by atomic mass is 19.1. The molecule has 0 aliphatic carbocycles. The first-order valence-corrected chi connectivity index (χ1v) is 12.1. The number of carbonyl (C=O) groups excluding carboxylic acids is 3. The van der Waals surface area contributed by atoms with Crippen molar-refractivity contribution in [1.82, 2.24) is 14.7 Å². The highest BCUT2D eigenvalue weighted by Gasteiger charge is 2.50. The number of hydrogen-bond donors (Lipinski definition) is 0. The predicted octanol–water partition coefficient (Wildman–Crippen LogP) is 3.54. The van der Waals surface area contributed by atoms with Crippen LogP contribution < -0.4 is 4.90 Å². The fourth-order valence-electron chi connectivity index (χ4n) is 5.10. The third kappa shape index (κ3) is 4.21. The summed E-state index contributed by atoms with van der Waals surface area (Å²) >= 11 is 0. The first kappa shape index (κ1) is 24.9. The molecular weight excluding hydrogens is 449 g/mol. The zero-order valence-corrected chi connectivity index (χ0v) is 21.4. The second-order valence-corrected chi connectivity index (χ2v) is 10.5. The van der Waals surface area contributed by atoms with Crippen LogP contribution in [-0.2, 0) is 4.79 Å². The van der Waals surface area contributed by atoms with Crippen molar-refractivity contribution in [3.05, 3.63) is 41.2 Å². The highest BCUT2D eigenvalue weighted by molar-refractivity contribution is 6.16. The van der Waals surface area contributed by atoms with Gasteiger partial charge < -0.3 is 9.80 Å². The summed E-state index contributed by atoms with van der Waals surface area (Å²) < 4.78 is 15.1. The van der Waals surface area contributed by atoms with Crippen molar-refractivity contribution in [3.63, 3.8) is 0 Å². The van der Waals surface area contributed by atoms with E-state index in [0.29, 0.717) is 26.2 Å². The Labute approximate surface area is 206 Å². The lowest BCUT2D eigenvalue weighted by atomic mass is 9.83. The van der Waals surface area contributed by atoms with Gasteiger partial charge in [-0.05, 0) is 51.0 Å². The lowest BCUT2D eigenvalue weighted by Gasteiger charge is -2.39. The Hall–Kier alpha value is -3.23. The fraction of sp³-hybridized carbons (Fsp3) is 0.538. The van der Waals surface area contributed by atoms with E-state index in [4.69, 9.17) is 4.99 Å². The van der Waals surface area contributed by atoms with E-state index in [1.807, 2.05) is 0 Å². The van der Waals surface area contributed by atoms with E-state index < -0.39 is 17.4 Å². The Balaban J connectivity index is 1.45. The van der Waals surface area contributed by atoms with Gasteiger partial charge in [0.05, 0.1) is 12.1 Å². The SMILES string of the molecule is CCC1(C)C=C(C)C(N2CCN(C(=O)c3ccc(N4C(=O)N(C)C(=O)C4(C)C)cc3F)CC2)=NC1. The minimum atomic E-state index is -1.14. The van der Waals surface area contributed by atoms with Crippen molar-refractivity contribution in [1.29, 1.82) is 0 Å². The van der Waals surface area contributed by atoms with Crippen molar-refractivity contribution in [2.24, 2.45) is 10.4 Å². The number of piperazine rings is 1. The average molecular weight is 484 g/mol. The van der Waals surface area contributed by atoms with Gasteiger partial charge in [-0.3, -0.25) is 24.4 Å². The molecule has 3 aliphatic rings. The molecule has 0 bridgehead atoms. The summed E-state index contributed by atoms with van der Waals surface area (Å²) in [6.45, 7) is 12.6. The van der Waals surface area contributed by atoms with Crippen molar-refractivity contribution in [3.8, 4) is 0 Å². The Morgan fingerprint density at radius 3 is 2.29 bits per heavy atom. The van der Waals surface area contributed by atoms with Gasteiger partial charge in [0, 0.05) is 44.3 Å². The van der Waals surface area contributed by atoms with Crippen molar-refractivity contribution < 1.29 is 18.8 Å².